The van der Waals surface area contributed by atoms with Crippen molar-refractivity contribution in [3.05, 3.63) is 35.4 Å². The molecule has 3 amide bonds. The number of amides is 3. The van der Waals surface area contributed by atoms with E-state index in [0.717, 1.165) is 36.8 Å². The molecule has 1 aliphatic carbocycles. The van der Waals surface area contributed by atoms with Gasteiger partial charge in [0.1, 0.15) is 17.7 Å². The minimum atomic E-state index is -0.878. The predicted molar refractivity (Wildman–Crippen MR) is 134 cm³/mol. The fourth-order valence-corrected chi connectivity index (χ4v) is 4.33. The van der Waals surface area contributed by atoms with Crippen LogP contribution in [0.4, 0.5) is 4.79 Å². The van der Waals surface area contributed by atoms with Crippen molar-refractivity contribution in [3.63, 3.8) is 0 Å². The van der Waals surface area contributed by atoms with E-state index in [1.54, 1.807) is 20.8 Å². The fourth-order valence-electron chi connectivity index (χ4n) is 4.33. The zero-order valence-electron chi connectivity index (χ0n) is 21.7. The number of carbonyl (C=O) groups excluding carboxylic acids is 3. The van der Waals surface area contributed by atoms with Crippen molar-refractivity contribution in [2.24, 2.45) is 11.7 Å². The van der Waals surface area contributed by atoms with Gasteiger partial charge in [0.05, 0.1) is 0 Å². The quantitative estimate of drug-likeness (QED) is 0.521. The number of benzene rings is 1. The third-order valence-corrected chi connectivity index (χ3v) is 6.19. The fraction of sp³-hybridized carbons (Fsp3) is 0.667. The highest BCUT2D eigenvalue weighted by atomic mass is 16.6. The molecule has 0 saturated heterocycles. The Morgan fingerprint density at radius 2 is 1.65 bits per heavy atom. The summed E-state index contributed by atoms with van der Waals surface area (Å²) in [6.45, 7) is 11.7. The van der Waals surface area contributed by atoms with Gasteiger partial charge in [-0.2, -0.15) is 0 Å². The van der Waals surface area contributed by atoms with Gasteiger partial charge in [-0.15, -0.1) is 0 Å². The van der Waals surface area contributed by atoms with Crippen molar-refractivity contribution in [3.8, 4) is 0 Å². The minimum absolute atomic E-state index is 0.0378. The number of primary amides is 1. The predicted octanol–water partition coefficient (Wildman–Crippen LogP) is 4.36. The molecule has 0 radical (unpaired) electrons. The van der Waals surface area contributed by atoms with Crippen molar-refractivity contribution < 1.29 is 19.1 Å². The molecule has 4 N–H and O–H groups in total. The molecule has 0 bridgehead atoms. The Labute approximate surface area is 204 Å². The Balaban J connectivity index is 2.15. The molecule has 0 aliphatic heterocycles. The number of hydrogen-bond donors (Lipinski definition) is 3. The summed E-state index contributed by atoms with van der Waals surface area (Å²) in [7, 11) is 0. The van der Waals surface area contributed by atoms with Gasteiger partial charge in [-0.25, -0.2) is 4.79 Å². The van der Waals surface area contributed by atoms with Gasteiger partial charge in [0, 0.05) is 6.42 Å². The van der Waals surface area contributed by atoms with E-state index in [9.17, 15) is 14.4 Å². The van der Waals surface area contributed by atoms with Gasteiger partial charge in [-0.05, 0) is 49.7 Å². The van der Waals surface area contributed by atoms with Crippen molar-refractivity contribution >= 4 is 17.9 Å². The molecule has 1 fully saturated rings. The van der Waals surface area contributed by atoms with Gasteiger partial charge in [-0.3, -0.25) is 9.59 Å². The van der Waals surface area contributed by atoms with E-state index < -0.39 is 35.6 Å². The Morgan fingerprint density at radius 3 is 2.21 bits per heavy atom. The summed E-state index contributed by atoms with van der Waals surface area (Å²) in [6, 6.07) is 6.30. The van der Waals surface area contributed by atoms with E-state index >= 15 is 0 Å². The summed E-state index contributed by atoms with van der Waals surface area (Å²) < 4.78 is 5.38. The largest absolute Gasteiger partial charge is 0.444 e. The van der Waals surface area contributed by atoms with Crippen molar-refractivity contribution in [1.29, 1.82) is 0 Å². The first-order valence-electron chi connectivity index (χ1n) is 12.4. The molecule has 1 aromatic rings. The van der Waals surface area contributed by atoms with Crippen LogP contribution < -0.4 is 16.4 Å². The number of ether oxygens (including phenoxy) is 1. The van der Waals surface area contributed by atoms with Crippen LogP contribution >= 0.6 is 0 Å². The monoisotopic (exact) mass is 473 g/mol. The van der Waals surface area contributed by atoms with Crippen molar-refractivity contribution in [2.45, 2.75) is 110 Å². The molecule has 190 valence electrons. The van der Waals surface area contributed by atoms with E-state index in [1.807, 2.05) is 24.3 Å². The first-order chi connectivity index (χ1) is 15.7. The van der Waals surface area contributed by atoms with Crippen molar-refractivity contribution in [1.82, 2.24) is 10.6 Å². The number of nitrogens with one attached hydrogen (secondary N) is 2. The maximum Gasteiger partial charge on any atom is 0.408 e. The normalized spacial score (nSPS) is 16.9. The van der Waals surface area contributed by atoms with Crippen LogP contribution in [0, 0.1) is 5.92 Å². The van der Waals surface area contributed by atoms with Gasteiger partial charge in [-0.1, -0.05) is 77.1 Å². The van der Waals surface area contributed by atoms with Gasteiger partial charge < -0.3 is 21.1 Å². The molecule has 1 saturated carbocycles. The average Bonchev–Trinajstić information content (AvgIpc) is 2.71. The molecule has 0 unspecified atom stereocenters. The van der Waals surface area contributed by atoms with Crippen molar-refractivity contribution in [2.75, 3.05) is 0 Å². The highest BCUT2D eigenvalue weighted by molar-refractivity contribution is 5.90. The standard InChI is InChI=1S/C27H43N3O4/c1-26(2,3)20-14-10-13-19(15-20)17-21(23(28)31)29-24(32)22(16-18-11-8-7-9-12-18)30-25(33)34-27(4,5)6/h10,13-15,18,21-22H,7-9,11-12,16-17H2,1-6H3,(H2,28,31)(H,29,32)(H,30,33)/t21-,22-/m0/s1. The van der Waals surface area contributed by atoms with E-state index in [4.69, 9.17) is 10.5 Å². The highest BCUT2D eigenvalue weighted by Gasteiger charge is 2.30. The number of alkyl carbamates (subject to hydrolysis) is 1. The van der Waals surface area contributed by atoms with E-state index in [1.165, 1.54) is 6.42 Å². The maximum absolute atomic E-state index is 13.3. The van der Waals surface area contributed by atoms with Gasteiger partial charge >= 0.3 is 6.09 Å². The topological polar surface area (TPSA) is 111 Å². The molecule has 0 spiro atoms. The molecule has 1 aromatic carbocycles. The van der Waals surface area contributed by atoms with E-state index in [2.05, 4.69) is 31.4 Å². The first-order valence-corrected chi connectivity index (χ1v) is 12.4. The second-order valence-electron chi connectivity index (χ2n) is 11.6. The van der Waals surface area contributed by atoms with E-state index in [0.29, 0.717) is 12.3 Å². The SMILES string of the molecule is CC(C)(C)OC(=O)N[C@@H](CC1CCCCC1)C(=O)N[C@@H](Cc1cccc(C(C)(C)C)c1)C(N)=O. The number of hydrogen-bond acceptors (Lipinski definition) is 4. The molecular formula is C27H43N3O4. The smallest absolute Gasteiger partial charge is 0.408 e. The number of rotatable bonds is 8. The maximum atomic E-state index is 13.3. The van der Waals surface area contributed by atoms with Gasteiger partial charge in [0.25, 0.3) is 0 Å². The van der Waals surface area contributed by atoms with Crippen LogP contribution in [0.5, 0.6) is 0 Å². The lowest BCUT2D eigenvalue weighted by Gasteiger charge is -2.29. The summed E-state index contributed by atoms with van der Waals surface area (Å²) in [5, 5.41) is 5.53. The average molecular weight is 474 g/mol. The summed E-state index contributed by atoms with van der Waals surface area (Å²) in [5.41, 5.74) is 7.00. The van der Waals surface area contributed by atoms with Crippen LogP contribution in [0.15, 0.2) is 24.3 Å². The van der Waals surface area contributed by atoms with E-state index in [-0.39, 0.29) is 11.8 Å². The summed E-state index contributed by atoms with van der Waals surface area (Å²) in [5.74, 6) is -0.676. The van der Waals surface area contributed by atoms with Gasteiger partial charge in [0.2, 0.25) is 11.8 Å². The molecule has 7 nitrogen and oxygen atoms in total. The molecule has 34 heavy (non-hydrogen) atoms. The molecule has 7 heteroatoms. The second-order valence-corrected chi connectivity index (χ2v) is 11.6. The van der Waals surface area contributed by atoms with Crippen LogP contribution in [0.1, 0.15) is 91.2 Å². The van der Waals surface area contributed by atoms with Crippen LogP contribution in [-0.2, 0) is 26.2 Å². The lowest BCUT2D eigenvalue weighted by atomic mass is 9.84. The molecule has 2 rings (SSSR count). The molecule has 0 aromatic heterocycles. The van der Waals surface area contributed by atoms with Gasteiger partial charge in [0.15, 0.2) is 0 Å². The summed E-state index contributed by atoms with van der Waals surface area (Å²) in [6.07, 6.45) is 5.65. The third kappa shape index (κ3) is 9.35. The minimum Gasteiger partial charge on any atom is -0.444 e. The first kappa shape index (κ1) is 27.7. The third-order valence-electron chi connectivity index (χ3n) is 6.19. The van der Waals surface area contributed by atoms with Crippen LogP contribution in [0.25, 0.3) is 0 Å². The highest BCUT2D eigenvalue weighted by Crippen LogP contribution is 2.28. The Bertz CT molecular complexity index is 848. The number of nitrogens with two attached hydrogens (primary N) is 1. The Hall–Kier alpha value is -2.57. The van der Waals surface area contributed by atoms with Crippen LogP contribution in [-0.4, -0.2) is 35.6 Å². The molecule has 2 atom stereocenters. The summed E-state index contributed by atoms with van der Waals surface area (Å²) >= 11 is 0. The van der Waals surface area contributed by atoms with Crippen LogP contribution in [0.2, 0.25) is 0 Å². The lowest BCUT2D eigenvalue weighted by molar-refractivity contribution is -0.129. The Kier molecular flexibility index (Phi) is 9.54. The zero-order chi connectivity index (χ0) is 25.5. The molecule has 1 aliphatic rings. The van der Waals surface area contributed by atoms with Crippen LogP contribution in [0.3, 0.4) is 0 Å². The Morgan fingerprint density at radius 1 is 1.00 bits per heavy atom. The molecule has 0 heterocycles. The lowest BCUT2D eigenvalue weighted by Crippen LogP contribution is -2.54. The molecular weight excluding hydrogens is 430 g/mol. The summed E-state index contributed by atoms with van der Waals surface area (Å²) in [4.78, 5) is 38.0. The number of carbonyl (C=O) groups is 3. The second kappa shape index (κ2) is 11.7. The zero-order valence-corrected chi connectivity index (χ0v) is 21.7.